The molecule has 26 heavy (non-hydrogen) atoms. The predicted octanol–water partition coefficient (Wildman–Crippen LogP) is 5.13. The van der Waals surface area contributed by atoms with Crippen LogP contribution in [0, 0.1) is 5.92 Å². The van der Waals surface area contributed by atoms with Crippen LogP contribution in [0.5, 0.6) is 0 Å². The molecule has 1 aromatic carbocycles. The molecule has 2 aromatic rings. The second kappa shape index (κ2) is 9.24. The number of rotatable bonds is 4. The number of aromatic nitrogens is 2. The largest absolute Gasteiger partial charge is 0.247 e. The second-order valence-corrected chi connectivity index (χ2v) is 7.36. The lowest BCUT2D eigenvalue weighted by atomic mass is 10.0. The van der Waals surface area contributed by atoms with Crippen molar-refractivity contribution >= 4 is 17.1 Å². The predicted molar refractivity (Wildman–Crippen MR) is 110 cm³/mol. The molecule has 0 spiro atoms. The van der Waals surface area contributed by atoms with Crippen molar-refractivity contribution in [1.29, 1.82) is 0 Å². The highest BCUT2D eigenvalue weighted by atomic mass is 15.5. The lowest BCUT2D eigenvalue weighted by Gasteiger charge is -2.28. The molecule has 0 bridgehead atoms. The Labute approximate surface area is 157 Å². The minimum absolute atomic E-state index is 0.215. The normalized spacial score (nSPS) is 19.5. The molecule has 1 fully saturated rings. The van der Waals surface area contributed by atoms with Gasteiger partial charge in [-0.05, 0) is 30.5 Å². The summed E-state index contributed by atoms with van der Waals surface area (Å²) in [5, 5.41) is 2.21. The lowest BCUT2D eigenvalue weighted by Crippen LogP contribution is -2.41. The van der Waals surface area contributed by atoms with Crippen LogP contribution in [0.1, 0.15) is 70.3 Å². The van der Waals surface area contributed by atoms with Gasteiger partial charge in [-0.15, -0.1) is 0 Å². The number of hydrogen-bond acceptors (Lipinski definition) is 4. The standard InChI is InChI=1S/C16H20N4.C6H12/c1-3-20(4-2)19-15-11-7-10-14-16(15)18-13-9-6-5-8-12(13)17-14;1-6-4-2-3-5-6/h5-10,15,19H,3-4,11H2,1-2H3;6H,2-5H2,1H3. The van der Waals surface area contributed by atoms with Gasteiger partial charge in [0.2, 0.25) is 0 Å². The monoisotopic (exact) mass is 352 g/mol. The first-order valence-electron chi connectivity index (χ1n) is 10.2. The first-order chi connectivity index (χ1) is 12.7. The Bertz CT molecular complexity index is 730. The maximum atomic E-state index is 4.82. The van der Waals surface area contributed by atoms with Gasteiger partial charge in [-0.25, -0.2) is 20.4 Å². The van der Waals surface area contributed by atoms with Gasteiger partial charge in [0.15, 0.2) is 0 Å². The molecule has 0 amide bonds. The molecule has 1 saturated carbocycles. The van der Waals surface area contributed by atoms with E-state index in [1.165, 1.54) is 25.7 Å². The highest BCUT2D eigenvalue weighted by Crippen LogP contribution is 2.27. The average molecular weight is 353 g/mol. The molecule has 0 aliphatic heterocycles. The third-order valence-corrected chi connectivity index (χ3v) is 5.35. The fourth-order valence-electron chi connectivity index (χ4n) is 3.70. The fourth-order valence-corrected chi connectivity index (χ4v) is 3.70. The van der Waals surface area contributed by atoms with E-state index in [0.717, 1.165) is 47.8 Å². The molecule has 1 N–H and O–H groups in total. The van der Waals surface area contributed by atoms with Gasteiger partial charge < -0.3 is 0 Å². The van der Waals surface area contributed by atoms with Gasteiger partial charge in [-0.3, -0.25) is 0 Å². The molecule has 140 valence electrons. The van der Waals surface area contributed by atoms with Gasteiger partial charge in [0, 0.05) is 13.1 Å². The van der Waals surface area contributed by atoms with Gasteiger partial charge >= 0.3 is 0 Å². The number of hydrogen-bond donors (Lipinski definition) is 1. The molecule has 0 radical (unpaired) electrons. The van der Waals surface area contributed by atoms with E-state index in [1.807, 2.05) is 24.3 Å². The molecule has 1 unspecified atom stereocenters. The summed E-state index contributed by atoms with van der Waals surface area (Å²) >= 11 is 0. The Hall–Kier alpha value is -1.78. The van der Waals surface area contributed by atoms with Crippen LogP contribution in [-0.4, -0.2) is 28.1 Å². The zero-order valence-electron chi connectivity index (χ0n) is 16.4. The highest BCUT2D eigenvalue weighted by Gasteiger charge is 2.21. The topological polar surface area (TPSA) is 41.0 Å². The number of benzene rings is 1. The first-order valence-corrected chi connectivity index (χ1v) is 10.2. The number of para-hydroxylation sites is 2. The molecular weight excluding hydrogens is 320 g/mol. The van der Waals surface area contributed by atoms with Crippen LogP contribution in [0.3, 0.4) is 0 Å². The van der Waals surface area contributed by atoms with Crippen molar-refractivity contribution in [2.45, 2.75) is 58.9 Å². The number of nitrogens with one attached hydrogen (secondary N) is 1. The molecule has 1 atom stereocenters. The van der Waals surface area contributed by atoms with E-state index >= 15 is 0 Å². The van der Waals surface area contributed by atoms with Crippen molar-refractivity contribution in [1.82, 2.24) is 20.4 Å². The van der Waals surface area contributed by atoms with Gasteiger partial charge in [-0.2, -0.15) is 0 Å². The summed E-state index contributed by atoms with van der Waals surface area (Å²) in [6.45, 7) is 8.61. The molecule has 2 aliphatic carbocycles. The molecule has 1 aromatic heterocycles. The SMILES string of the molecule is CC1CCCC1.CCN(CC)NC1CC=Cc2nc3ccccc3nc21. The van der Waals surface area contributed by atoms with Crippen molar-refractivity contribution < 1.29 is 0 Å². The van der Waals surface area contributed by atoms with Crippen LogP contribution in [0.25, 0.3) is 17.1 Å². The van der Waals surface area contributed by atoms with E-state index in [4.69, 9.17) is 9.97 Å². The number of fused-ring (bicyclic) bond motifs is 2. The smallest absolute Gasteiger partial charge is 0.0894 e. The molecule has 0 saturated heterocycles. The Balaban J connectivity index is 0.000000278. The zero-order valence-corrected chi connectivity index (χ0v) is 16.4. The quantitative estimate of drug-likeness (QED) is 0.774. The van der Waals surface area contributed by atoms with Crippen LogP contribution in [0.2, 0.25) is 0 Å². The number of hydrazine groups is 1. The van der Waals surface area contributed by atoms with E-state index in [-0.39, 0.29) is 6.04 Å². The Morgan fingerprint density at radius 1 is 1.04 bits per heavy atom. The second-order valence-electron chi connectivity index (χ2n) is 7.36. The average Bonchev–Trinajstić information content (AvgIpc) is 3.16. The molecule has 4 nitrogen and oxygen atoms in total. The third-order valence-electron chi connectivity index (χ3n) is 5.35. The van der Waals surface area contributed by atoms with Gasteiger partial charge in [-0.1, -0.05) is 64.7 Å². The van der Waals surface area contributed by atoms with Gasteiger partial charge in [0.1, 0.15) is 0 Å². The summed E-state index contributed by atoms with van der Waals surface area (Å²) in [4.78, 5) is 9.53. The van der Waals surface area contributed by atoms with Crippen LogP contribution >= 0.6 is 0 Å². The van der Waals surface area contributed by atoms with Gasteiger partial charge in [0.25, 0.3) is 0 Å². The molecule has 4 rings (SSSR count). The molecule has 1 heterocycles. The van der Waals surface area contributed by atoms with Crippen LogP contribution in [-0.2, 0) is 0 Å². The zero-order chi connectivity index (χ0) is 18.4. The summed E-state index contributed by atoms with van der Waals surface area (Å²) in [7, 11) is 0. The first kappa shape index (κ1) is 19.0. The Morgan fingerprint density at radius 2 is 1.69 bits per heavy atom. The van der Waals surface area contributed by atoms with Crippen molar-refractivity contribution in [2.75, 3.05) is 13.1 Å². The maximum absolute atomic E-state index is 4.82. The summed E-state index contributed by atoms with van der Waals surface area (Å²) in [5.41, 5.74) is 7.52. The molecule has 2 aliphatic rings. The summed E-state index contributed by atoms with van der Waals surface area (Å²) in [5.74, 6) is 1.05. The minimum atomic E-state index is 0.215. The third kappa shape index (κ3) is 4.68. The molecular formula is C22H32N4. The summed E-state index contributed by atoms with van der Waals surface area (Å²) in [6, 6.07) is 8.26. The van der Waals surface area contributed by atoms with Crippen LogP contribution < -0.4 is 5.43 Å². The fraction of sp³-hybridized carbons (Fsp3) is 0.545. The summed E-state index contributed by atoms with van der Waals surface area (Å²) < 4.78 is 0. The van der Waals surface area contributed by atoms with Gasteiger partial charge in [0.05, 0.1) is 28.5 Å². The maximum Gasteiger partial charge on any atom is 0.0894 e. The van der Waals surface area contributed by atoms with Crippen molar-refractivity contribution in [3.63, 3.8) is 0 Å². The van der Waals surface area contributed by atoms with Crippen LogP contribution in [0.4, 0.5) is 0 Å². The van der Waals surface area contributed by atoms with E-state index in [9.17, 15) is 0 Å². The summed E-state index contributed by atoms with van der Waals surface area (Å²) in [6.07, 6.45) is 11.2. The van der Waals surface area contributed by atoms with E-state index in [1.54, 1.807) is 0 Å². The Kier molecular flexibility index (Phi) is 6.75. The van der Waals surface area contributed by atoms with Crippen LogP contribution in [0.15, 0.2) is 30.3 Å². The van der Waals surface area contributed by atoms with E-state index < -0.39 is 0 Å². The van der Waals surface area contributed by atoms with E-state index in [0.29, 0.717) is 0 Å². The van der Waals surface area contributed by atoms with E-state index in [2.05, 4.69) is 43.4 Å². The number of nitrogens with zero attached hydrogens (tertiary/aromatic N) is 3. The van der Waals surface area contributed by atoms with Crippen molar-refractivity contribution in [3.8, 4) is 0 Å². The molecule has 4 heteroatoms. The Morgan fingerprint density at radius 3 is 2.27 bits per heavy atom. The lowest BCUT2D eigenvalue weighted by molar-refractivity contribution is 0.172. The minimum Gasteiger partial charge on any atom is -0.247 e. The highest BCUT2D eigenvalue weighted by molar-refractivity contribution is 5.76. The van der Waals surface area contributed by atoms with Crippen molar-refractivity contribution in [3.05, 3.63) is 41.7 Å². The van der Waals surface area contributed by atoms with Crippen molar-refractivity contribution in [2.24, 2.45) is 5.92 Å².